The predicted octanol–water partition coefficient (Wildman–Crippen LogP) is 2.11. The molecular formula is C6H10NP. The zero-order valence-corrected chi connectivity index (χ0v) is 5.85. The quantitative estimate of drug-likeness (QED) is 0.322. The van der Waals surface area contributed by atoms with Crippen LogP contribution >= 0.6 is 8.58 Å². The smallest absolute Gasteiger partial charge is 0.0838 e. The lowest BCUT2D eigenvalue weighted by atomic mass is 10.3. The molecule has 1 unspecified atom stereocenters. The maximum atomic E-state index is 8.10. The summed E-state index contributed by atoms with van der Waals surface area (Å²) >= 11 is 0. The Balaban J connectivity index is 2.74. The van der Waals surface area contributed by atoms with E-state index in [4.69, 9.17) is 5.26 Å². The van der Waals surface area contributed by atoms with Gasteiger partial charge in [0.1, 0.15) is 0 Å². The number of hydrogen-bond acceptors (Lipinski definition) is 1. The Morgan fingerprint density at radius 1 is 1.75 bits per heavy atom. The van der Waals surface area contributed by atoms with Crippen molar-refractivity contribution in [3.63, 3.8) is 0 Å². The van der Waals surface area contributed by atoms with Crippen molar-refractivity contribution >= 4 is 8.58 Å². The highest BCUT2D eigenvalue weighted by atomic mass is 31.1. The third kappa shape index (κ3) is 5.66. The average molecular weight is 127 g/mol. The van der Waals surface area contributed by atoms with Crippen LogP contribution in [-0.4, -0.2) is 6.16 Å². The monoisotopic (exact) mass is 127 g/mol. The van der Waals surface area contributed by atoms with Gasteiger partial charge in [-0.2, -0.15) is 5.26 Å². The molecule has 0 spiro atoms. The minimum atomic E-state index is 0.482. The summed E-state index contributed by atoms with van der Waals surface area (Å²) in [4.78, 5) is 0. The summed E-state index contributed by atoms with van der Waals surface area (Å²) in [5.74, 6) is 2.12. The lowest BCUT2D eigenvalue weighted by Gasteiger charge is -1.86. The van der Waals surface area contributed by atoms with Crippen LogP contribution in [0.5, 0.6) is 0 Å². The molecule has 0 aliphatic heterocycles. The van der Waals surface area contributed by atoms with Gasteiger partial charge in [-0.25, -0.2) is 0 Å². The van der Waals surface area contributed by atoms with Crippen molar-refractivity contribution in [2.24, 2.45) is 0 Å². The maximum Gasteiger partial charge on any atom is 0.0838 e. The molecule has 0 fully saturated rings. The van der Waals surface area contributed by atoms with Crippen LogP contribution < -0.4 is 0 Å². The molecule has 0 aromatic rings. The van der Waals surface area contributed by atoms with Gasteiger partial charge in [0.05, 0.1) is 5.81 Å². The van der Waals surface area contributed by atoms with E-state index in [-0.39, 0.29) is 0 Å². The first-order valence-electron chi connectivity index (χ1n) is 2.64. The highest BCUT2D eigenvalue weighted by Crippen LogP contribution is 2.08. The summed E-state index contributed by atoms with van der Waals surface area (Å²) < 4.78 is 0. The molecule has 0 bridgehead atoms. The minimum absolute atomic E-state index is 0.482. The number of nitriles is 1. The zero-order chi connectivity index (χ0) is 6.24. The molecule has 0 amide bonds. The standard InChI is InChI=1S/C6H10NP/c1-2-3-4-5-8-6-7/h2,8H,1,3-5H2. The molecule has 0 aliphatic carbocycles. The first kappa shape index (κ1) is 7.66. The van der Waals surface area contributed by atoms with Gasteiger partial charge >= 0.3 is 0 Å². The third-order valence-corrected chi connectivity index (χ3v) is 1.55. The molecule has 0 aliphatic rings. The molecule has 0 saturated heterocycles. The van der Waals surface area contributed by atoms with Crippen molar-refractivity contribution in [1.82, 2.24) is 0 Å². The minimum Gasteiger partial charge on any atom is -0.194 e. The van der Waals surface area contributed by atoms with E-state index in [1.807, 2.05) is 6.08 Å². The summed E-state index contributed by atoms with van der Waals surface area (Å²) in [6, 6.07) is 0. The number of rotatable bonds is 4. The Hall–Kier alpha value is -0.340. The van der Waals surface area contributed by atoms with Crippen LogP contribution in [0, 0.1) is 11.1 Å². The summed E-state index contributed by atoms with van der Waals surface area (Å²) in [5, 5.41) is 8.10. The fraction of sp³-hybridized carbons (Fsp3) is 0.500. The molecule has 1 atom stereocenters. The van der Waals surface area contributed by atoms with Gasteiger partial charge in [-0.05, 0) is 27.6 Å². The Kier molecular flexibility index (Phi) is 6.38. The van der Waals surface area contributed by atoms with E-state index in [2.05, 4.69) is 12.4 Å². The van der Waals surface area contributed by atoms with Gasteiger partial charge in [0.2, 0.25) is 0 Å². The number of unbranched alkanes of at least 4 members (excludes halogenated alkanes) is 1. The van der Waals surface area contributed by atoms with Gasteiger partial charge < -0.3 is 0 Å². The van der Waals surface area contributed by atoms with Crippen molar-refractivity contribution in [2.45, 2.75) is 12.8 Å². The van der Waals surface area contributed by atoms with Crippen molar-refractivity contribution in [3.05, 3.63) is 12.7 Å². The van der Waals surface area contributed by atoms with Gasteiger partial charge in [0, 0.05) is 0 Å². The van der Waals surface area contributed by atoms with Crippen LogP contribution in [0.1, 0.15) is 12.8 Å². The zero-order valence-electron chi connectivity index (χ0n) is 4.85. The van der Waals surface area contributed by atoms with Crippen LogP contribution in [0.2, 0.25) is 0 Å². The average Bonchev–Trinajstić information content (AvgIpc) is 1.81. The highest BCUT2D eigenvalue weighted by molar-refractivity contribution is 7.43. The molecule has 8 heavy (non-hydrogen) atoms. The normalized spacial score (nSPS) is 9.38. The lowest BCUT2D eigenvalue weighted by molar-refractivity contribution is 0.973. The van der Waals surface area contributed by atoms with E-state index in [9.17, 15) is 0 Å². The van der Waals surface area contributed by atoms with Crippen molar-refractivity contribution < 1.29 is 0 Å². The SMILES string of the molecule is C=CCCCPC#N. The molecular weight excluding hydrogens is 117 g/mol. The summed E-state index contributed by atoms with van der Waals surface area (Å²) in [7, 11) is 0.482. The summed E-state index contributed by atoms with van der Waals surface area (Å²) in [6.07, 6.45) is 5.11. The van der Waals surface area contributed by atoms with Crippen molar-refractivity contribution in [2.75, 3.05) is 6.16 Å². The summed E-state index contributed by atoms with van der Waals surface area (Å²) in [6.45, 7) is 3.58. The molecule has 0 heterocycles. The third-order valence-electron chi connectivity index (χ3n) is 0.789. The molecule has 2 heteroatoms. The van der Waals surface area contributed by atoms with E-state index in [1.165, 1.54) is 0 Å². The fourth-order valence-corrected chi connectivity index (χ4v) is 0.883. The number of allylic oxidation sites excluding steroid dienone is 1. The van der Waals surface area contributed by atoms with Gasteiger partial charge in [-0.1, -0.05) is 6.08 Å². The largest absolute Gasteiger partial charge is 0.194 e. The second-order valence-electron chi connectivity index (χ2n) is 1.47. The van der Waals surface area contributed by atoms with Gasteiger partial charge in [0.25, 0.3) is 0 Å². The number of hydrogen-bond donors (Lipinski definition) is 0. The first-order valence-corrected chi connectivity index (χ1v) is 3.85. The molecule has 0 rings (SSSR count). The predicted molar refractivity (Wildman–Crippen MR) is 38.2 cm³/mol. The van der Waals surface area contributed by atoms with E-state index in [0.29, 0.717) is 8.58 Å². The molecule has 0 saturated carbocycles. The van der Waals surface area contributed by atoms with Crippen LogP contribution in [0.15, 0.2) is 12.7 Å². The molecule has 0 aromatic carbocycles. The number of nitrogens with zero attached hydrogens (tertiary/aromatic N) is 1. The maximum absolute atomic E-state index is 8.10. The lowest BCUT2D eigenvalue weighted by Crippen LogP contribution is -1.70. The summed E-state index contributed by atoms with van der Waals surface area (Å²) in [5.41, 5.74) is 0. The van der Waals surface area contributed by atoms with Crippen molar-refractivity contribution in [3.8, 4) is 5.81 Å². The molecule has 0 N–H and O–H groups in total. The van der Waals surface area contributed by atoms with Gasteiger partial charge in [0.15, 0.2) is 0 Å². The van der Waals surface area contributed by atoms with E-state index >= 15 is 0 Å². The Morgan fingerprint density at radius 3 is 3.00 bits per heavy atom. The Bertz CT molecular complexity index is 93.2. The second-order valence-corrected chi connectivity index (χ2v) is 2.55. The second kappa shape index (κ2) is 6.66. The van der Waals surface area contributed by atoms with Crippen LogP contribution in [0.3, 0.4) is 0 Å². The molecule has 1 nitrogen and oxygen atoms in total. The first-order chi connectivity index (χ1) is 3.91. The highest BCUT2D eigenvalue weighted by Gasteiger charge is 1.81. The Morgan fingerprint density at radius 2 is 2.50 bits per heavy atom. The fourth-order valence-electron chi connectivity index (χ4n) is 0.391. The molecule has 44 valence electrons. The van der Waals surface area contributed by atoms with Gasteiger partial charge in [-0.3, -0.25) is 0 Å². The van der Waals surface area contributed by atoms with Crippen molar-refractivity contribution in [1.29, 1.82) is 5.26 Å². The molecule has 0 radical (unpaired) electrons. The van der Waals surface area contributed by atoms with Gasteiger partial charge in [-0.15, -0.1) is 6.58 Å². The topological polar surface area (TPSA) is 23.8 Å². The van der Waals surface area contributed by atoms with Crippen LogP contribution in [0.4, 0.5) is 0 Å². The van der Waals surface area contributed by atoms with E-state index in [0.717, 1.165) is 19.0 Å². The van der Waals surface area contributed by atoms with Crippen LogP contribution in [-0.2, 0) is 0 Å². The van der Waals surface area contributed by atoms with E-state index < -0.39 is 0 Å². The molecule has 0 aromatic heterocycles. The Labute approximate surface area is 52.2 Å². The van der Waals surface area contributed by atoms with Crippen LogP contribution in [0.25, 0.3) is 0 Å². The van der Waals surface area contributed by atoms with E-state index in [1.54, 1.807) is 0 Å².